The highest BCUT2D eigenvalue weighted by Crippen LogP contribution is 1.84. The molecule has 0 atom stereocenters. The number of carbonyl (C=O) groups excluding carboxylic acids is 1. The Morgan fingerprint density at radius 1 is 1.44 bits per heavy atom. The van der Waals surface area contributed by atoms with Gasteiger partial charge in [-0.1, -0.05) is 0 Å². The topological polar surface area (TPSA) is 41.1 Å². The number of ketones is 1. The van der Waals surface area contributed by atoms with Gasteiger partial charge in [0.2, 0.25) is 0 Å². The van der Waals surface area contributed by atoms with Crippen LogP contribution in [0.25, 0.3) is 0 Å². The molecule has 0 aromatic carbocycles. The summed E-state index contributed by atoms with van der Waals surface area (Å²) in [4.78, 5) is 10.6. The molecule has 3 nitrogen and oxygen atoms in total. The van der Waals surface area contributed by atoms with Crippen LogP contribution in [0.2, 0.25) is 0 Å². The van der Waals surface area contributed by atoms with Crippen molar-refractivity contribution in [2.75, 3.05) is 14.1 Å². The molecule has 0 unspecified atom stereocenters. The van der Waals surface area contributed by atoms with Crippen LogP contribution in [0.4, 0.5) is 0 Å². The molecule has 9 heavy (non-hydrogen) atoms. The summed E-state index contributed by atoms with van der Waals surface area (Å²) in [5.74, 6) is 0.0341. The van der Waals surface area contributed by atoms with Gasteiger partial charge in [-0.3, -0.25) is 4.79 Å². The van der Waals surface area contributed by atoms with E-state index in [2.05, 4.69) is 10.6 Å². The molecule has 0 radical (unpaired) electrons. The van der Waals surface area contributed by atoms with Crippen LogP contribution in [0.5, 0.6) is 0 Å². The molecule has 0 amide bonds. The molecule has 0 aliphatic heterocycles. The Bertz CT molecular complexity index is 129. The van der Waals surface area contributed by atoms with Gasteiger partial charge in [-0.25, -0.2) is 0 Å². The summed E-state index contributed by atoms with van der Waals surface area (Å²) in [6.45, 7) is 1.51. The van der Waals surface area contributed by atoms with E-state index in [0.29, 0.717) is 5.70 Å². The van der Waals surface area contributed by atoms with Gasteiger partial charge >= 0.3 is 0 Å². The predicted molar refractivity (Wildman–Crippen MR) is 36.9 cm³/mol. The Kier molecular flexibility index (Phi) is 3.51. The third-order valence-corrected chi connectivity index (χ3v) is 0.937. The van der Waals surface area contributed by atoms with Crippen LogP contribution in [-0.2, 0) is 4.79 Å². The first-order valence-electron chi connectivity index (χ1n) is 2.78. The second-order valence-corrected chi connectivity index (χ2v) is 1.65. The van der Waals surface area contributed by atoms with Crippen LogP contribution >= 0.6 is 0 Å². The molecule has 52 valence electrons. The number of Topliss-reactive ketones (excluding diaryl/α,β-unsaturated/α-hetero) is 1. The van der Waals surface area contributed by atoms with Crippen LogP contribution in [-0.4, -0.2) is 19.9 Å². The Morgan fingerprint density at radius 2 is 2.00 bits per heavy atom. The maximum Gasteiger partial charge on any atom is 0.177 e. The number of allylic oxidation sites excluding steroid dienone is 1. The zero-order valence-electron chi connectivity index (χ0n) is 5.99. The molecule has 0 bridgehead atoms. The summed E-state index contributed by atoms with van der Waals surface area (Å²) in [6, 6.07) is 0. The van der Waals surface area contributed by atoms with Gasteiger partial charge in [-0.15, -0.1) is 0 Å². The summed E-state index contributed by atoms with van der Waals surface area (Å²) >= 11 is 0. The van der Waals surface area contributed by atoms with E-state index in [9.17, 15) is 4.79 Å². The van der Waals surface area contributed by atoms with Crippen LogP contribution in [0.15, 0.2) is 11.9 Å². The second kappa shape index (κ2) is 3.95. The summed E-state index contributed by atoms with van der Waals surface area (Å²) in [6.07, 6.45) is 1.63. The fourth-order valence-electron chi connectivity index (χ4n) is 0.494. The standard InChI is InChI=1S/C6H12N2O/c1-5(9)6(8-3)4-7-2/h4,7-8H,1-3H3/b6-4-. The maximum atomic E-state index is 10.6. The number of carbonyl (C=O) groups is 1. The van der Waals surface area contributed by atoms with Gasteiger partial charge in [0.1, 0.15) is 0 Å². The normalized spacial score (nSPS) is 10.8. The number of hydrogen-bond acceptors (Lipinski definition) is 3. The van der Waals surface area contributed by atoms with Crippen molar-refractivity contribution >= 4 is 5.78 Å². The SMILES string of the molecule is CN/C=C(\NC)C(C)=O. The smallest absolute Gasteiger partial charge is 0.177 e. The molecule has 0 aliphatic rings. The van der Waals surface area contributed by atoms with Crippen LogP contribution < -0.4 is 10.6 Å². The molecule has 0 saturated heterocycles. The van der Waals surface area contributed by atoms with Crippen molar-refractivity contribution in [3.63, 3.8) is 0 Å². The van der Waals surface area contributed by atoms with Crippen molar-refractivity contribution in [3.05, 3.63) is 11.9 Å². The van der Waals surface area contributed by atoms with Gasteiger partial charge in [0, 0.05) is 27.2 Å². The largest absolute Gasteiger partial charge is 0.392 e. The Balaban J connectivity index is 3.98. The molecule has 0 aliphatic carbocycles. The van der Waals surface area contributed by atoms with Gasteiger partial charge in [-0.05, 0) is 0 Å². The monoisotopic (exact) mass is 128 g/mol. The summed E-state index contributed by atoms with van der Waals surface area (Å²) in [5.41, 5.74) is 0.595. The molecule has 0 saturated carbocycles. The highest BCUT2D eigenvalue weighted by atomic mass is 16.1. The minimum Gasteiger partial charge on any atom is -0.392 e. The maximum absolute atomic E-state index is 10.6. The molecule has 0 aromatic heterocycles. The Morgan fingerprint density at radius 3 is 2.11 bits per heavy atom. The van der Waals surface area contributed by atoms with Crippen molar-refractivity contribution < 1.29 is 4.79 Å². The molecule has 0 spiro atoms. The lowest BCUT2D eigenvalue weighted by molar-refractivity contribution is -0.113. The molecule has 0 heterocycles. The first kappa shape index (κ1) is 8.01. The molecule has 3 heteroatoms. The number of likely N-dealkylation sites (N-methyl/N-ethyl adjacent to an activating group) is 1. The third-order valence-electron chi connectivity index (χ3n) is 0.937. The Hall–Kier alpha value is -0.990. The van der Waals surface area contributed by atoms with Gasteiger partial charge in [-0.2, -0.15) is 0 Å². The number of nitrogens with one attached hydrogen (secondary N) is 2. The van der Waals surface area contributed by atoms with E-state index in [4.69, 9.17) is 0 Å². The quantitative estimate of drug-likeness (QED) is 0.520. The van der Waals surface area contributed by atoms with Crippen molar-refractivity contribution in [2.45, 2.75) is 6.92 Å². The fourth-order valence-corrected chi connectivity index (χ4v) is 0.494. The molecule has 2 N–H and O–H groups in total. The fraction of sp³-hybridized carbons (Fsp3) is 0.500. The average Bonchev–Trinajstić information content (AvgIpc) is 1.82. The number of hydrogen-bond donors (Lipinski definition) is 2. The van der Waals surface area contributed by atoms with E-state index in [0.717, 1.165) is 0 Å². The highest BCUT2D eigenvalue weighted by molar-refractivity contribution is 5.92. The van der Waals surface area contributed by atoms with Crippen molar-refractivity contribution in [3.8, 4) is 0 Å². The van der Waals surface area contributed by atoms with Crippen molar-refractivity contribution in [1.82, 2.24) is 10.6 Å². The average molecular weight is 128 g/mol. The molecule has 0 rings (SSSR count). The highest BCUT2D eigenvalue weighted by Gasteiger charge is 1.96. The summed E-state index contributed by atoms with van der Waals surface area (Å²) < 4.78 is 0. The lowest BCUT2D eigenvalue weighted by Gasteiger charge is -1.99. The predicted octanol–water partition coefficient (Wildman–Crippen LogP) is -0.144. The van der Waals surface area contributed by atoms with Crippen LogP contribution in [0, 0.1) is 0 Å². The van der Waals surface area contributed by atoms with Gasteiger partial charge in [0.15, 0.2) is 5.78 Å². The van der Waals surface area contributed by atoms with Gasteiger partial charge in [0.25, 0.3) is 0 Å². The van der Waals surface area contributed by atoms with E-state index in [1.807, 2.05) is 0 Å². The van der Waals surface area contributed by atoms with E-state index in [-0.39, 0.29) is 5.78 Å². The van der Waals surface area contributed by atoms with Crippen LogP contribution in [0.1, 0.15) is 6.92 Å². The third kappa shape index (κ3) is 2.74. The lowest BCUT2D eigenvalue weighted by Crippen LogP contribution is -2.16. The van der Waals surface area contributed by atoms with E-state index < -0.39 is 0 Å². The minimum absolute atomic E-state index is 0.0341. The van der Waals surface area contributed by atoms with E-state index in [1.165, 1.54) is 6.92 Å². The zero-order chi connectivity index (χ0) is 7.28. The first-order valence-corrected chi connectivity index (χ1v) is 2.78. The first-order chi connectivity index (χ1) is 4.22. The van der Waals surface area contributed by atoms with Crippen LogP contribution in [0.3, 0.4) is 0 Å². The van der Waals surface area contributed by atoms with Crippen molar-refractivity contribution in [1.29, 1.82) is 0 Å². The molecular formula is C6H12N2O. The van der Waals surface area contributed by atoms with E-state index in [1.54, 1.807) is 20.3 Å². The molecular weight excluding hydrogens is 116 g/mol. The summed E-state index contributed by atoms with van der Waals surface area (Å²) in [7, 11) is 3.46. The Labute approximate surface area is 55.1 Å². The summed E-state index contributed by atoms with van der Waals surface area (Å²) in [5, 5.41) is 5.51. The van der Waals surface area contributed by atoms with Crippen molar-refractivity contribution in [2.24, 2.45) is 0 Å². The minimum atomic E-state index is 0.0341. The second-order valence-electron chi connectivity index (χ2n) is 1.65. The molecule has 0 fully saturated rings. The zero-order valence-corrected chi connectivity index (χ0v) is 5.99. The number of rotatable bonds is 3. The van der Waals surface area contributed by atoms with E-state index >= 15 is 0 Å². The molecule has 0 aromatic rings. The lowest BCUT2D eigenvalue weighted by atomic mass is 10.3. The van der Waals surface area contributed by atoms with Gasteiger partial charge in [0.05, 0.1) is 5.70 Å². The van der Waals surface area contributed by atoms with Gasteiger partial charge < -0.3 is 10.6 Å².